The summed E-state index contributed by atoms with van der Waals surface area (Å²) in [4.78, 5) is 19.8. The van der Waals surface area contributed by atoms with Crippen LogP contribution < -0.4 is 5.56 Å². The van der Waals surface area contributed by atoms with E-state index >= 15 is 0 Å². The highest BCUT2D eigenvalue weighted by Gasteiger charge is 2.43. The Kier molecular flexibility index (Phi) is 6.78. The summed E-state index contributed by atoms with van der Waals surface area (Å²) in [6, 6.07) is 9.08. The molecule has 3 nitrogen and oxygen atoms in total. The van der Waals surface area contributed by atoms with E-state index in [1.54, 1.807) is 0 Å². The molecular formula is C28H38N2OS. The molecule has 4 heteroatoms. The molecule has 1 aromatic carbocycles. The van der Waals surface area contributed by atoms with Gasteiger partial charge < -0.3 is 0 Å². The van der Waals surface area contributed by atoms with Crippen molar-refractivity contribution in [3.63, 3.8) is 0 Å². The molecule has 2 aromatic rings. The van der Waals surface area contributed by atoms with Crippen molar-refractivity contribution in [3.8, 4) is 11.3 Å². The molecule has 0 unspecified atom stereocenters. The van der Waals surface area contributed by atoms with Gasteiger partial charge in [-0.2, -0.15) is 0 Å². The molecule has 0 saturated heterocycles. The third-order valence-corrected chi connectivity index (χ3v) is 9.18. The number of aromatic nitrogens is 2. The summed E-state index contributed by atoms with van der Waals surface area (Å²) < 4.78 is 2.18. The Morgan fingerprint density at radius 3 is 2.56 bits per heavy atom. The van der Waals surface area contributed by atoms with Gasteiger partial charge in [0, 0.05) is 22.8 Å². The molecule has 0 amide bonds. The zero-order valence-corrected chi connectivity index (χ0v) is 20.5. The molecule has 3 aliphatic carbocycles. The van der Waals surface area contributed by atoms with Crippen LogP contribution in [0, 0.1) is 0 Å². The molecule has 1 aromatic heterocycles. The first kappa shape index (κ1) is 22.3. The fraction of sp³-hybridized carbons (Fsp3) is 0.643. The molecule has 5 rings (SSSR count). The van der Waals surface area contributed by atoms with Crippen molar-refractivity contribution in [3.05, 3.63) is 45.7 Å². The van der Waals surface area contributed by atoms with E-state index in [4.69, 9.17) is 4.98 Å². The van der Waals surface area contributed by atoms with E-state index in [0.717, 1.165) is 54.3 Å². The molecule has 0 atom stereocenters. The standard InChI is InChI=1S/C28H38N2OS/c1-2-3-12-19-32-27-29-25-23-16-9-8-13-21(23)20-28(17-10-5-11-18-28)24(25)26(31)30(27)22-14-6-4-7-15-22/h8-9,13,16,22H,2-7,10-12,14-15,17-20H2,1H3. The third kappa shape index (κ3) is 4.08. The van der Waals surface area contributed by atoms with E-state index < -0.39 is 0 Å². The average Bonchev–Trinajstić information content (AvgIpc) is 2.83. The number of benzene rings is 1. The van der Waals surface area contributed by atoms with Crippen LogP contribution in [0.1, 0.15) is 108 Å². The van der Waals surface area contributed by atoms with Crippen LogP contribution in [0.3, 0.4) is 0 Å². The Balaban J connectivity index is 1.67. The highest BCUT2D eigenvalue weighted by Crippen LogP contribution is 2.49. The van der Waals surface area contributed by atoms with Crippen molar-refractivity contribution >= 4 is 11.8 Å². The van der Waals surface area contributed by atoms with Crippen LogP contribution in [-0.4, -0.2) is 15.3 Å². The Labute approximate surface area is 197 Å². The molecule has 0 aliphatic heterocycles. The van der Waals surface area contributed by atoms with Crippen LogP contribution in [0.15, 0.2) is 34.2 Å². The van der Waals surface area contributed by atoms with Gasteiger partial charge in [0.2, 0.25) is 0 Å². The van der Waals surface area contributed by atoms with Gasteiger partial charge in [0.05, 0.1) is 11.3 Å². The van der Waals surface area contributed by atoms with E-state index in [-0.39, 0.29) is 5.41 Å². The lowest BCUT2D eigenvalue weighted by Crippen LogP contribution is -2.44. The molecule has 1 heterocycles. The number of fused-ring (bicyclic) bond motifs is 4. The van der Waals surface area contributed by atoms with Gasteiger partial charge in [-0.05, 0) is 44.1 Å². The molecule has 2 saturated carbocycles. The molecule has 32 heavy (non-hydrogen) atoms. The average molecular weight is 451 g/mol. The first-order valence-electron chi connectivity index (χ1n) is 13.1. The minimum Gasteiger partial charge on any atom is -0.284 e. The summed E-state index contributed by atoms with van der Waals surface area (Å²) in [5, 5.41) is 0.986. The predicted octanol–water partition coefficient (Wildman–Crippen LogP) is 7.46. The molecule has 1 spiro atoms. The van der Waals surface area contributed by atoms with Gasteiger partial charge in [0.15, 0.2) is 5.16 Å². The Morgan fingerprint density at radius 2 is 1.78 bits per heavy atom. The number of hydrogen-bond acceptors (Lipinski definition) is 3. The van der Waals surface area contributed by atoms with Gasteiger partial charge in [0.1, 0.15) is 0 Å². The molecule has 3 aliphatic rings. The minimum absolute atomic E-state index is 0.00611. The maximum Gasteiger partial charge on any atom is 0.258 e. The van der Waals surface area contributed by atoms with E-state index in [9.17, 15) is 4.79 Å². The van der Waals surface area contributed by atoms with E-state index in [1.165, 1.54) is 68.9 Å². The molecule has 0 bridgehead atoms. The van der Waals surface area contributed by atoms with Crippen molar-refractivity contribution in [1.82, 2.24) is 9.55 Å². The van der Waals surface area contributed by atoms with E-state index in [2.05, 4.69) is 35.8 Å². The third-order valence-electron chi connectivity index (χ3n) is 8.14. The lowest BCUT2D eigenvalue weighted by Gasteiger charge is -2.42. The maximum absolute atomic E-state index is 14.4. The summed E-state index contributed by atoms with van der Waals surface area (Å²) in [6.07, 6.45) is 16.8. The normalized spacial score (nSPS) is 20.2. The maximum atomic E-state index is 14.4. The summed E-state index contributed by atoms with van der Waals surface area (Å²) in [6.45, 7) is 2.25. The second-order valence-electron chi connectivity index (χ2n) is 10.3. The van der Waals surface area contributed by atoms with Crippen molar-refractivity contribution in [1.29, 1.82) is 0 Å². The fourth-order valence-corrected chi connectivity index (χ4v) is 7.54. The molecular weight excluding hydrogens is 412 g/mol. The number of unbranched alkanes of at least 4 members (excludes halogenated alkanes) is 2. The fourth-order valence-electron chi connectivity index (χ4n) is 6.48. The zero-order chi connectivity index (χ0) is 22.0. The largest absolute Gasteiger partial charge is 0.284 e. The van der Waals surface area contributed by atoms with Gasteiger partial charge >= 0.3 is 0 Å². The van der Waals surface area contributed by atoms with Crippen LogP contribution in [0.4, 0.5) is 0 Å². The van der Waals surface area contributed by atoms with Gasteiger partial charge in [-0.1, -0.05) is 94.3 Å². The van der Waals surface area contributed by atoms with Crippen molar-refractivity contribution in [2.45, 2.75) is 113 Å². The number of nitrogens with zero attached hydrogens (tertiary/aromatic N) is 2. The highest BCUT2D eigenvalue weighted by atomic mass is 32.2. The zero-order valence-electron chi connectivity index (χ0n) is 19.7. The number of rotatable bonds is 6. The second-order valence-corrected chi connectivity index (χ2v) is 11.4. The molecule has 2 fully saturated rings. The van der Waals surface area contributed by atoms with E-state index in [1.807, 2.05) is 11.8 Å². The van der Waals surface area contributed by atoms with Crippen molar-refractivity contribution < 1.29 is 0 Å². The Hall–Kier alpha value is -1.55. The summed E-state index contributed by atoms with van der Waals surface area (Å²) in [7, 11) is 0. The summed E-state index contributed by atoms with van der Waals surface area (Å²) in [5.41, 5.74) is 4.99. The van der Waals surface area contributed by atoms with Crippen LogP contribution in [0.25, 0.3) is 11.3 Å². The monoisotopic (exact) mass is 450 g/mol. The Morgan fingerprint density at radius 1 is 1.03 bits per heavy atom. The molecule has 172 valence electrons. The van der Waals surface area contributed by atoms with Gasteiger partial charge in [0.25, 0.3) is 5.56 Å². The highest BCUT2D eigenvalue weighted by molar-refractivity contribution is 7.99. The first-order chi connectivity index (χ1) is 15.7. The minimum atomic E-state index is -0.00611. The second kappa shape index (κ2) is 9.75. The van der Waals surface area contributed by atoms with Crippen LogP contribution in [0.5, 0.6) is 0 Å². The Bertz CT molecular complexity index is 999. The van der Waals surface area contributed by atoms with Crippen molar-refractivity contribution in [2.24, 2.45) is 0 Å². The smallest absolute Gasteiger partial charge is 0.258 e. The molecule has 0 radical (unpaired) electrons. The quantitative estimate of drug-likeness (QED) is 0.260. The first-order valence-corrected chi connectivity index (χ1v) is 14.1. The summed E-state index contributed by atoms with van der Waals surface area (Å²) >= 11 is 1.83. The van der Waals surface area contributed by atoms with Gasteiger partial charge in [-0.25, -0.2) is 4.98 Å². The lowest BCUT2D eigenvalue weighted by atomic mass is 9.62. The van der Waals surface area contributed by atoms with Crippen molar-refractivity contribution in [2.75, 3.05) is 5.75 Å². The SMILES string of the molecule is CCCCCSc1nc2c(c(=O)n1C1CCCCC1)C1(CCCCC1)Cc1ccccc1-2. The van der Waals surface area contributed by atoms with E-state index in [0.29, 0.717) is 11.6 Å². The molecule has 0 N–H and O–H groups in total. The van der Waals surface area contributed by atoms with Crippen LogP contribution >= 0.6 is 11.8 Å². The topological polar surface area (TPSA) is 34.9 Å². The lowest BCUT2D eigenvalue weighted by molar-refractivity contribution is 0.273. The van der Waals surface area contributed by atoms with Crippen LogP contribution in [0.2, 0.25) is 0 Å². The number of thioether (sulfide) groups is 1. The summed E-state index contributed by atoms with van der Waals surface area (Å²) in [5.74, 6) is 1.05. The van der Waals surface area contributed by atoms with Gasteiger partial charge in [-0.3, -0.25) is 9.36 Å². The van der Waals surface area contributed by atoms with Gasteiger partial charge in [-0.15, -0.1) is 0 Å². The number of hydrogen-bond donors (Lipinski definition) is 0. The predicted molar refractivity (Wildman–Crippen MR) is 135 cm³/mol. The van der Waals surface area contributed by atoms with Crippen LogP contribution in [-0.2, 0) is 11.8 Å².